The van der Waals surface area contributed by atoms with Crippen LogP contribution in [0.4, 0.5) is 5.69 Å². The molecule has 0 bridgehead atoms. The summed E-state index contributed by atoms with van der Waals surface area (Å²) >= 11 is 0. The van der Waals surface area contributed by atoms with Gasteiger partial charge in [-0.15, -0.1) is 0 Å². The SMILES string of the molecule is CCCOc1nc2ccccc2cc1/C=C/C(=O)Nc1ccc(CC(=O)NC)cc1. The lowest BCUT2D eigenvalue weighted by molar-refractivity contribution is -0.120. The molecule has 0 unspecified atom stereocenters. The number of likely N-dealkylation sites (N-methyl/N-ethyl adjacent to an activating group) is 1. The van der Waals surface area contributed by atoms with Crippen molar-refractivity contribution >= 4 is 34.5 Å². The molecular formula is C24H25N3O3. The second-order valence-corrected chi connectivity index (χ2v) is 6.79. The van der Waals surface area contributed by atoms with E-state index in [0.717, 1.165) is 28.5 Å². The summed E-state index contributed by atoms with van der Waals surface area (Å²) in [5.74, 6) is 0.196. The summed E-state index contributed by atoms with van der Waals surface area (Å²) in [6, 6.07) is 16.9. The van der Waals surface area contributed by atoms with E-state index >= 15 is 0 Å². The second-order valence-electron chi connectivity index (χ2n) is 6.79. The van der Waals surface area contributed by atoms with Gasteiger partial charge in [0.1, 0.15) is 0 Å². The summed E-state index contributed by atoms with van der Waals surface area (Å²) in [7, 11) is 1.60. The Balaban J connectivity index is 1.72. The number of nitrogens with one attached hydrogen (secondary N) is 2. The summed E-state index contributed by atoms with van der Waals surface area (Å²) in [5, 5.41) is 6.39. The van der Waals surface area contributed by atoms with Crippen molar-refractivity contribution in [2.75, 3.05) is 19.0 Å². The number of carbonyl (C=O) groups excluding carboxylic acids is 2. The van der Waals surface area contributed by atoms with Gasteiger partial charge in [-0.3, -0.25) is 9.59 Å². The predicted octanol–water partition coefficient (Wildman–Crippen LogP) is 3.96. The highest BCUT2D eigenvalue weighted by molar-refractivity contribution is 6.02. The molecule has 6 nitrogen and oxygen atoms in total. The van der Waals surface area contributed by atoms with E-state index in [2.05, 4.69) is 15.6 Å². The maximum absolute atomic E-state index is 12.4. The van der Waals surface area contributed by atoms with E-state index in [1.54, 1.807) is 25.3 Å². The van der Waals surface area contributed by atoms with Crippen molar-refractivity contribution in [3.05, 3.63) is 71.8 Å². The topological polar surface area (TPSA) is 80.3 Å². The van der Waals surface area contributed by atoms with Gasteiger partial charge in [-0.1, -0.05) is 37.3 Å². The first-order valence-electron chi connectivity index (χ1n) is 9.90. The van der Waals surface area contributed by atoms with Crippen LogP contribution in [0.2, 0.25) is 0 Å². The lowest BCUT2D eigenvalue weighted by Gasteiger charge is -2.09. The minimum Gasteiger partial charge on any atom is -0.477 e. The summed E-state index contributed by atoms with van der Waals surface area (Å²) in [5.41, 5.74) is 3.13. The zero-order chi connectivity index (χ0) is 21.3. The van der Waals surface area contributed by atoms with Gasteiger partial charge in [0.25, 0.3) is 0 Å². The van der Waals surface area contributed by atoms with Gasteiger partial charge in [0, 0.05) is 29.8 Å². The number of ether oxygens (including phenoxy) is 1. The van der Waals surface area contributed by atoms with E-state index in [1.165, 1.54) is 6.08 Å². The van der Waals surface area contributed by atoms with Gasteiger partial charge in [0.2, 0.25) is 17.7 Å². The van der Waals surface area contributed by atoms with E-state index in [-0.39, 0.29) is 11.8 Å². The minimum atomic E-state index is -0.261. The summed E-state index contributed by atoms with van der Waals surface area (Å²) in [4.78, 5) is 28.4. The molecule has 2 N–H and O–H groups in total. The van der Waals surface area contributed by atoms with Gasteiger partial charge in [-0.25, -0.2) is 4.98 Å². The van der Waals surface area contributed by atoms with Crippen LogP contribution in [0, 0.1) is 0 Å². The highest BCUT2D eigenvalue weighted by Gasteiger charge is 2.07. The Kier molecular flexibility index (Phi) is 7.16. The highest BCUT2D eigenvalue weighted by Crippen LogP contribution is 2.24. The molecule has 2 aromatic carbocycles. The van der Waals surface area contributed by atoms with Gasteiger partial charge in [-0.2, -0.15) is 0 Å². The van der Waals surface area contributed by atoms with Gasteiger partial charge in [-0.05, 0) is 42.3 Å². The Morgan fingerprint density at radius 1 is 1.10 bits per heavy atom. The first-order chi connectivity index (χ1) is 14.6. The van der Waals surface area contributed by atoms with Crippen molar-refractivity contribution in [3.8, 4) is 5.88 Å². The molecule has 3 aromatic rings. The summed E-state index contributed by atoms with van der Waals surface area (Å²) < 4.78 is 5.77. The van der Waals surface area contributed by atoms with Crippen molar-refractivity contribution < 1.29 is 14.3 Å². The third kappa shape index (κ3) is 5.67. The number of rotatable bonds is 8. The Hall–Kier alpha value is -3.67. The molecule has 0 aliphatic rings. The number of para-hydroxylation sites is 1. The zero-order valence-electron chi connectivity index (χ0n) is 17.1. The fourth-order valence-electron chi connectivity index (χ4n) is 2.88. The van der Waals surface area contributed by atoms with Crippen LogP contribution in [0.5, 0.6) is 5.88 Å². The van der Waals surface area contributed by atoms with Crippen LogP contribution in [0.3, 0.4) is 0 Å². The number of benzene rings is 2. The predicted molar refractivity (Wildman–Crippen MR) is 119 cm³/mol. The zero-order valence-corrected chi connectivity index (χ0v) is 17.1. The minimum absolute atomic E-state index is 0.0557. The Bertz CT molecular complexity index is 1060. The van der Waals surface area contributed by atoms with Crippen LogP contribution in [-0.2, 0) is 16.0 Å². The van der Waals surface area contributed by atoms with E-state index in [4.69, 9.17) is 4.74 Å². The number of fused-ring (bicyclic) bond motifs is 1. The molecule has 0 radical (unpaired) electrons. The molecule has 0 saturated carbocycles. The first kappa shape index (κ1) is 21.0. The molecule has 1 heterocycles. The summed E-state index contributed by atoms with van der Waals surface area (Å²) in [6.45, 7) is 2.59. The molecule has 3 rings (SSSR count). The second kappa shape index (κ2) is 10.2. The molecule has 0 aliphatic carbocycles. The number of anilines is 1. The molecule has 6 heteroatoms. The number of hydrogen-bond donors (Lipinski definition) is 2. The number of pyridine rings is 1. The van der Waals surface area contributed by atoms with Gasteiger partial charge in [0.15, 0.2) is 0 Å². The van der Waals surface area contributed by atoms with Crippen molar-refractivity contribution in [3.63, 3.8) is 0 Å². The number of hydrogen-bond acceptors (Lipinski definition) is 4. The smallest absolute Gasteiger partial charge is 0.248 e. The molecule has 154 valence electrons. The number of carbonyl (C=O) groups is 2. The standard InChI is InChI=1S/C24H25N3O3/c1-3-14-30-24-19(16-18-6-4-5-7-21(18)27-24)10-13-22(28)26-20-11-8-17(9-12-20)15-23(29)25-2/h4-13,16H,3,14-15H2,1-2H3,(H,25,29)(H,26,28)/b13-10+. The molecule has 0 spiro atoms. The molecule has 1 aromatic heterocycles. The molecular weight excluding hydrogens is 378 g/mol. The van der Waals surface area contributed by atoms with Crippen LogP contribution in [0.1, 0.15) is 24.5 Å². The fourth-order valence-corrected chi connectivity index (χ4v) is 2.88. The highest BCUT2D eigenvalue weighted by atomic mass is 16.5. The van der Waals surface area contributed by atoms with Crippen molar-refractivity contribution in [1.29, 1.82) is 0 Å². The van der Waals surface area contributed by atoms with Crippen LogP contribution in [0.15, 0.2) is 60.7 Å². The lowest BCUT2D eigenvalue weighted by atomic mass is 10.1. The normalized spacial score (nSPS) is 10.9. The molecule has 2 amide bonds. The van der Waals surface area contributed by atoms with Crippen LogP contribution < -0.4 is 15.4 Å². The van der Waals surface area contributed by atoms with Gasteiger partial charge in [0.05, 0.1) is 18.5 Å². The van der Waals surface area contributed by atoms with E-state index < -0.39 is 0 Å². The Labute approximate surface area is 176 Å². The quantitative estimate of drug-likeness (QED) is 0.558. The van der Waals surface area contributed by atoms with Crippen molar-refractivity contribution in [1.82, 2.24) is 10.3 Å². The number of amides is 2. The maximum atomic E-state index is 12.4. The molecule has 0 saturated heterocycles. The monoisotopic (exact) mass is 403 g/mol. The van der Waals surface area contributed by atoms with E-state index in [9.17, 15) is 9.59 Å². The third-order valence-electron chi connectivity index (χ3n) is 4.44. The van der Waals surface area contributed by atoms with Crippen LogP contribution in [0.25, 0.3) is 17.0 Å². The average molecular weight is 403 g/mol. The van der Waals surface area contributed by atoms with Crippen molar-refractivity contribution in [2.45, 2.75) is 19.8 Å². The fraction of sp³-hybridized carbons (Fsp3) is 0.208. The van der Waals surface area contributed by atoms with Gasteiger partial charge < -0.3 is 15.4 Å². The first-order valence-corrected chi connectivity index (χ1v) is 9.90. The number of aromatic nitrogens is 1. The molecule has 30 heavy (non-hydrogen) atoms. The Morgan fingerprint density at radius 2 is 1.87 bits per heavy atom. The van der Waals surface area contributed by atoms with Crippen molar-refractivity contribution in [2.24, 2.45) is 0 Å². The van der Waals surface area contributed by atoms with E-state index in [1.807, 2.05) is 49.4 Å². The third-order valence-corrected chi connectivity index (χ3v) is 4.44. The molecule has 0 fully saturated rings. The number of nitrogens with zero attached hydrogens (tertiary/aromatic N) is 1. The molecule has 0 atom stereocenters. The van der Waals surface area contributed by atoms with Crippen LogP contribution >= 0.6 is 0 Å². The molecule has 0 aliphatic heterocycles. The maximum Gasteiger partial charge on any atom is 0.248 e. The van der Waals surface area contributed by atoms with Gasteiger partial charge >= 0.3 is 0 Å². The van der Waals surface area contributed by atoms with Crippen LogP contribution in [-0.4, -0.2) is 30.5 Å². The summed E-state index contributed by atoms with van der Waals surface area (Å²) in [6.07, 6.45) is 4.34. The average Bonchev–Trinajstić information content (AvgIpc) is 2.77. The largest absolute Gasteiger partial charge is 0.477 e. The lowest BCUT2D eigenvalue weighted by Crippen LogP contribution is -2.19. The van der Waals surface area contributed by atoms with E-state index in [0.29, 0.717) is 24.6 Å². The Morgan fingerprint density at radius 3 is 2.60 bits per heavy atom.